The Morgan fingerprint density at radius 3 is 2.44 bits per heavy atom. The normalized spacial score (nSPS) is 15.6. The summed E-state index contributed by atoms with van der Waals surface area (Å²) >= 11 is 7.88. The van der Waals surface area contributed by atoms with Crippen LogP contribution >= 0.6 is 24.0 Å². The minimum Gasteiger partial charge on any atom is -0.283 e. The number of benzene rings is 2. The van der Waals surface area contributed by atoms with Gasteiger partial charge in [-0.3, -0.25) is 9.47 Å². The number of aromatic nitrogens is 3. The number of para-hydroxylation sites is 1. The molecule has 2 aromatic carbocycles. The lowest BCUT2D eigenvalue weighted by Gasteiger charge is -2.18. The van der Waals surface area contributed by atoms with Crippen molar-refractivity contribution >= 4 is 24.0 Å². The SMILES string of the molecule is S=c1n(CN2CCCSCC2)nc(Cc2ccccc2)n1-c1ccccc1. The fraction of sp³-hybridized carbons (Fsp3) is 0.333. The topological polar surface area (TPSA) is 26.0 Å². The molecule has 0 aliphatic carbocycles. The molecule has 0 amide bonds. The summed E-state index contributed by atoms with van der Waals surface area (Å²) in [6.07, 6.45) is 2.00. The third-order valence-corrected chi connectivity index (χ3v) is 6.22. The summed E-state index contributed by atoms with van der Waals surface area (Å²) in [7, 11) is 0. The zero-order chi connectivity index (χ0) is 18.5. The van der Waals surface area contributed by atoms with E-state index in [4.69, 9.17) is 17.3 Å². The van der Waals surface area contributed by atoms with Gasteiger partial charge in [0.2, 0.25) is 4.77 Å². The van der Waals surface area contributed by atoms with Gasteiger partial charge in [-0.1, -0.05) is 48.5 Å². The molecule has 1 fully saturated rings. The Morgan fingerprint density at radius 1 is 0.926 bits per heavy atom. The van der Waals surface area contributed by atoms with Crippen LogP contribution in [-0.4, -0.2) is 43.8 Å². The molecule has 6 heteroatoms. The van der Waals surface area contributed by atoms with Crippen molar-refractivity contribution in [3.05, 3.63) is 76.8 Å². The van der Waals surface area contributed by atoms with E-state index in [-0.39, 0.29) is 0 Å². The summed E-state index contributed by atoms with van der Waals surface area (Å²) < 4.78 is 4.88. The van der Waals surface area contributed by atoms with E-state index in [0.717, 1.165) is 42.5 Å². The van der Waals surface area contributed by atoms with Gasteiger partial charge in [-0.25, -0.2) is 4.68 Å². The maximum absolute atomic E-state index is 5.84. The first-order valence-corrected chi connectivity index (χ1v) is 11.0. The highest BCUT2D eigenvalue weighted by atomic mass is 32.2. The molecule has 2 heterocycles. The Kier molecular flexibility index (Phi) is 6.07. The van der Waals surface area contributed by atoms with Gasteiger partial charge < -0.3 is 0 Å². The molecule has 1 aliphatic rings. The lowest BCUT2D eigenvalue weighted by molar-refractivity contribution is 0.221. The van der Waals surface area contributed by atoms with E-state index in [2.05, 4.69) is 45.9 Å². The van der Waals surface area contributed by atoms with E-state index in [1.165, 1.54) is 23.5 Å². The number of hydrogen-bond acceptors (Lipinski definition) is 4. The summed E-state index contributed by atoms with van der Waals surface area (Å²) in [6, 6.07) is 20.8. The lowest BCUT2D eigenvalue weighted by atomic mass is 10.1. The summed E-state index contributed by atoms with van der Waals surface area (Å²) in [6.45, 7) is 2.97. The molecule has 0 spiro atoms. The first-order chi connectivity index (χ1) is 13.3. The van der Waals surface area contributed by atoms with E-state index >= 15 is 0 Å². The average Bonchev–Trinajstić information content (AvgIpc) is 2.87. The third-order valence-electron chi connectivity index (χ3n) is 4.77. The molecular formula is C21H24N4S2. The molecule has 27 heavy (non-hydrogen) atoms. The minimum atomic E-state index is 0.765. The first-order valence-electron chi connectivity index (χ1n) is 9.39. The molecule has 3 aromatic rings. The molecule has 0 unspecified atom stereocenters. The smallest absolute Gasteiger partial charge is 0.203 e. The minimum absolute atomic E-state index is 0.765. The average molecular weight is 397 g/mol. The second-order valence-electron chi connectivity index (χ2n) is 6.76. The standard InChI is InChI=1S/C21H24N4S2/c26-21-24(17-23-12-7-14-27-15-13-23)22-20(16-18-8-3-1-4-9-18)25(21)19-10-5-2-6-11-19/h1-6,8-11H,7,12-17H2. The van der Waals surface area contributed by atoms with Crippen LogP contribution in [0.5, 0.6) is 0 Å². The molecule has 0 saturated carbocycles. The predicted molar refractivity (Wildman–Crippen MR) is 115 cm³/mol. The predicted octanol–water partition coefficient (Wildman–Crippen LogP) is 4.39. The van der Waals surface area contributed by atoms with E-state index in [0.29, 0.717) is 0 Å². The summed E-state index contributed by atoms with van der Waals surface area (Å²) in [5, 5.41) is 4.93. The van der Waals surface area contributed by atoms with Crippen LogP contribution in [0, 0.1) is 4.77 Å². The molecule has 0 bridgehead atoms. The highest BCUT2D eigenvalue weighted by Crippen LogP contribution is 2.17. The Labute approximate surface area is 169 Å². The number of rotatable bonds is 5. The van der Waals surface area contributed by atoms with Crippen LogP contribution in [-0.2, 0) is 13.1 Å². The highest BCUT2D eigenvalue weighted by Gasteiger charge is 2.16. The summed E-state index contributed by atoms with van der Waals surface area (Å²) in [5.41, 5.74) is 2.32. The van der Waals surface area contributed by atoms with Gasteiger partial charge in [-0.15, -0.1) is 0 Å². The molecule has 1 aromatic heterocycles. The van der Waals surface area contributed by atoms with Crippen molar-refractivity contribution in [2.45, 2.75) is 19.5 Å². The molecule has 4 rings (SSSR count). The Morgan fingerprint density at radius 2 is 1.67 bits per heavy atom. The van der Waals surface area contributed by atoms with E-state index in [9.17, 15) is 0 Å². The largest absolute Gasteiger partial charge is 0.283 e. The zero-order valence-corrected chi connectivity index (χ0v) is 17.0. The van der Waals surface area contributed by atoms with Gasteiger partial charge in [0.05, 0.1) is 6.67 Å². The highest BCUT2D eigenvalue weighted by molar-refractivity contribution is 7.99. The monoisotopic (exact) mass is 396 g/mol. The van der Waals surface area contributed by atoms with Gasteiger partial charge in [-0.2, -0.15) is 16.9 Å². The van der Waals surface area contributed by atoms with Crippen LogP contribution < -0.4 is 0 Å². The van der Waals surface area contributed by atoms with Crippen LogP contribution in [0.2, 0.25) is 0 Å². The van der Waals surface area contributed by atoms with Gasteiger partial charge in [0.1, 0.15) is 5.82 Å². The van der Waals surface area contributed by atoms with Gasteiger partial charge in [0.15, 0.2) is 0 Å². The zero-order valence-electron chi connectivity index (χ0n) is 15.3. The lowest BCUT2D eigenvalue weighted by Crippen LogP contribution is -2.29. The van der Waals surface area contributed by atoms with Gasteiger partial charge in [-0.05, 0) is 42.1 Å². The van der Waals surface area contributed by atoms with Crippen molar-refractivity contribution in [2.75, 3.05) is 24.6 Å². The number of nitrogens with zero attached hydrogens (tertiary/aromatic N) is 4. The quantitative estimate of drug-likeness (QED) is 0.598. The van der Waals surface area contributed by atoms with Crippen molar-refractivity contribution in [1.29, 1.82) is 0 Å². The van der Waals surface area contributed by atoms with Crippen LogP contribution in [0.15, 0.2) is 60.7 Å². The first kappa shape index (κ1) is 18.5. The summed E-state index contributed by atoms with van der Waals surface area (Å²) in [4.78, 5) is 2.46. The van der Waals surface area contributed by atoms with Gasteiger partial charge in [0.25, 0.3) is 0 Å². The molecule has 140 valence electrons. The maximum atomic E-state index is 5.84. The van der Waals surface area contributed by atoms with E-state index in [1.54, 1.807) is 0 Å². The van der Waals surface area contributed by atoms with E-state index < -0.39 is 0 Å². The molecule has 0 N–H and O–H groups in total. The van der Waals surface area contributed by atoms with Crippen molar-refractivity contribution in [2.24, 2.45) is 0 Å². The second-order valence-corrected chi connectivity index (χ2v) is 8.35. The number of hydrogen-bond donors (Lipinski definition) is 0. The second kappa shape index (κ2) is 8.87. The van der Waals surface area contributed by atoms with Crippen LogP contribution in [0.4, 0.5) is 0 Å². The molecule has 0 atom stereocenters. The maximum Gasteiger partial charge on any atom is 0.203 e. The van der Waals surface area contributed by atoms with Crippen LogP contribution in [0.25, 0.3) is 5.69 Å². The Hall–Kier alpha value is -1.89. The fourth-order valence-electron chi connectivity index (χ4n) is 3.40. The van der Waals surface area contributed by atoms with Crippen LogP contribution in [0.1, 0.15) is 17.8 Å². The molecule has 4 nitrogen and oxygen atoms in total. The summed E-state index contributed by atoms with van der Waals surface area (Å²) in [5.74, 6) is 3.42. The molecular weight excluding hydrogens is 372 g/mol. The molecule has 1 aliphatic heterocycles. The third kappa shape index (κ3) is 4.51. The van der Waals surface area contributed by atoms with Gasteiger partial charge >= 0.3 is 0 Å². The Bertz CT molecular complexity index is 910. The molecule has 1 saturated heterocycles. The van der Waals surface area contributed by atoms with Crippen molar-refractivity contribution < 1.29 is 0 Å². The number of thioether (sulfide) groups is 1. The van der Waals surface area contributed by atoms with E-state index in [1.807, 2.05) is 40.7 Å². The van der Waals surface area contributed by atoms with Crippen molar-refractivity contribution in [3.8, 4) is 5.69 Å². The van der Waals surface area contributed by atoms with Crippen molar-refractivity contribution in [3.63, 3.8) is 0 Å². The van der Waals surface area contributed by atoms with Crippen molar-refractivity contribution in [1.82, 2.24) is 19.2 Å². The Balaban J connectivity index is 1.69. The molecule has 0 radical (unpaired) electrons. The fourth-order valence-corrected chi connectivity index (χ4v) is 4.64. The van der Waals surface area contributed by atoms with Gasteiger partial charge in [0, 0.05) is 31.0 Å². The van der Waals surface area contributed by atoms with Crippen LogP contribution in [0.3, 0.4) is 0 Å².